The molecule has 1 aromatic rings. The van der Waals surface area contributed by atoms with Crippen LogP contribution in [-0.2, 0) is 14.3 Å². The summed E-state index contributed by atoms with van der Waals surface area (Å²) in [5.41, 5.74) is 2.05. The second-order valence-corrected chi connectivity index (χ2v) is 9.77. The molecule has 1 aromatic heterocycles. The number of aryl methyl sites for hydroxylation is 1. The van der Waals surface area contributed by atoms with Crippen molar-refractivity contribution < 1.29 is 14.3 Å². The van der Waals surface area contributed by atoms with Gasteiger partial charge in [0, 0.05) is 38.0 Å². The molecule has 0 spiro atoms. The number of hydrogen-bond donors (Lipinski definition) is 1. The fourth-order valence-electron chi connectivity index (χ4n) is 3.89. The SMILES string of the molecule is CCOC(=O)C1=C(C)NC2=CC(C)(C)CC(=O)C2C1c1cc(Br)c(C)s1. The Kier molecular flexibility index (Phi) is 5.19. The normalized spacial score (nSPS) is 24.7. The van der Waals surface area contributed by atoms with Crippen LogP contribution in [0.1, 0.15) is 49.8 Å². The van der Waals surface area contributed by atoms with Gasteiger partial charge < -0.3 is 10.1 Å². The van der Waals surface area contributed by atoms with Crippen molar-refractivity contribution in [2.75, 3.05) is 6.61 Å². The third-order valence-electron chi connectivity index (χ3n) is 4.92. The topological polar surface area (TPSA) is 55.4 Å². The van der Waals surface area contributed by atoms with Crippen LogP contribution in [0.3, 0.4) is 0 Å². The van der Waals surface area contributed by atoms with Crippen LogP contribution in [0.4, 0.5) is 0 Å². The highest BCUT2D eigenvalue weighted by Crippen LogP contribution is 2.49. The third kappa shape index (κ3) is 3.41. The summed E-state index contributed by atoms with van der Waals surface area (Å²) in [6.45, 7) is 10.2. The largest absolute Gasteiger partial charge is 0.463 e. The van der Waals surface area contributed by atoms with Crippen LogP contribution in [0.5, 0.6) is 0 Å². The van der Waals surface area contributed by atoms with Crippen molar-refractivity contribution in [1.29, 1.82) is 0 Å². The van der Waals surface area contributed by atoms with Crippen LogP contribution in [0, 0.1) is 18.3 Å². The highest BCUT2D eigenvalue weighted by Gasteiger charge is 2.46. The van der Waals surface area contributed by atoms with Gasteiger partial charge in [0.2, 0.25) is 0 Å². The summed E-state index contributed by atoms with van der Waals surface area (Å²) in [4.78, 5) is 28.0. The van der Waals surface area contributed by atoms with Gasteiger partial charge in [-0.15, -0.1) is 11.3 Å². The number of carbonyl (C=O) groups excluding carboxylic acids is 2. The summed E-state index contributed by atoms with van der Waals surface area (Å²) in [5.74, 6) is -0.848. The van der Waals surface area contributed by atoms with E-state index in [1.165, 1.54) is 0 Å². The Balaban J connectivity index is 2.20. The van der Waals surface area contributed by atoms with Gasteiger partial charge in [-0.3, -0.25) is 4.79 Å². The van der Waals surface area contributed by atoms with Crippen molar-refractivity contribution in [3.63, 3.8) is 0 Å². The van der Waals surface area contributed by atoms with Gasteiger partial charge in [-0.2, -0.15) is 0 Å². The minimum absolute atomic E-state index is 0.168. The third-order valence-corrected chi connectivity index (χ3v) is 7.14. The lowest BCUT2D eigenvalue weighted by atomic mass is 9.68. The second-order valence-electron chi connectivity index (χ2n) is 7.62. The van der Waals surface area contributed by atoms with E-state index >= 15 is 0 Å². The average molecular weight is 438 g/mol. The van der Waals surface area contributed by atoms with E-state index in [1.807, 2.05) is 19.9 Å². The van der Waals surface area contributed by atoms with Crippen molar-refractivity contribution in [2.45, 2.75) is 47.0 Å². The molecule has 26 heavy (non-hydrogen) atoms. The molecule has 140 valence electrons. The Morgan fingerprint density at radius 3 is 2.65 bits per heavy atom. The number of Topliss-reactive ketones (excluding diaryl/α,β-unsaturated/α-hetero) is 1. The number of thiophene rings is 1. The van der Waals surface area contributed by atoms with Gasteiger partial charge in [-0.25, -0.2) is 4.79 Å². The molecule has 6 heteroatoms. The van der Waals surface area contributed by atoms with Crippen LogP contribution in [-0.4, -0.2) is 18.4 Å². The maximum Gasteiger partial charge on any atom is 0.336 e. The van der Waals surface area contributed by atoms with Crippen molar-refractivity contribution >= 4 is 39.0 Å². The Morgan fingerprint density at radius 1 is 1.38 bits per heavy atom. The summed E-state index contributed by atoms with van der Waals surface area (Å²) in [5, 5.41) is 3.33. The molecule has 0 radical (unpaired) electrons. The summed E-state index contributed by atoms with van der Waals surface area (Å²) >= 11 is 5.19. The van der Waals surface area contributed by atoms with E-state index in [0.29, 0.717) is 18.6 Å². The number of hydrogen-bond acceptors (Lipinski definition) is 5. The van der Waals surface area contributed by atoms with Crippen molar-refractivity contribution in [2.24, 2.45) is 11.3 Å². The second kappa shape index (κ2) is 6.97. The number of halogens is 1. The summed E-state index contributed by atoms with van der Waals surface area (Å²) in [6.07, 6.45) is 2.62. The molecule has 0 fully saturated rings. The Morgan fingerprint density at radius 2 is 2.08 bits per heavy atom. The summed E-state index contributed by atoms with van der Waals surface area (Å²) < 4.78 is 6.33. The molecule has 2 aliphatic rings. The maximum atomic E-state index is 13.1. The number of carbonyl (C=O) groups is 2. The summed E-state index contributed by atoms with van der Waals surface area (Å²) in [6, 6.07) is 2.03. The quantitative estimate of drug-likeness (QED) is 0.687. The Labute approximate surface area is 166 Å². The van der Waals surface area contributed by atoms with Gasteiger partial charge in [0.15, 0.2) is 0 Å². The zero-order valence-electron chi connectivity index (χ0n) is 15.7. The predicted molar refractivity (Wildman–Crippen MR) is 107 cm³/mol. The van der Waals surface area contributed by atoms with Crippen LogP contribution >= 0.6 is 27.3 Å². The van der Waals surface area contributed by atoms with Crippen LogP contribution < -0.4 is 5.32 Å². The summed E-state index contributed by atoms with van der Waals surface area (Å²) in [7, 11) is 0. The van der Waals surface area contributed by atoms with Crippen LogP contribution in [0.15, 0.2) is 33.6 Å². The fourth-order valence-corrected chi connectivity index (χ4v) is 5.60. The van der Waals surface area contributed by atoms with Gasteiger partial charge in [0.1, 0.15) is 5.78 Å². The lowest BCUT2D eigenvalue weighted by Crippen LogP contribution is -2.43. The van der Waals surface area contributed by atoms with E-state index in [2.05, 4.69) is 41.2 Å². The number of ether oxygens (including phenoxy) is 1. The van der Waals surface area contributed by atoms with E-state index < -0.39 is 0 Å². The zero-order chi connectivity index (χ0) is 19.2. The first-order chi connectivity index (χ1) is 12.1. The lowest BCUT2D eigenvalue weighted by Gasteiger charge is -2.40. The monoisotopic (exact) mass is 437 g/mol. The number of rotatable bonds is 3. The van der Waals surface area contributed by atoms with Gasteiger partial charge in [0.25, 0.3) is 0 Å². The molecule has 2 atom stereocenters. The molecule has 0 aromatic carbocycles. The van der Waals surface area contributed by atoms with Crippen molar-refractivity contribution in [3.8, 4) is 0 Å². The molecule has 0 bridgehead atoms. The first kappa shape index (κ1) is 19.4. The number of allylic oxidation sites excluding steroid dienone is 3. The standard InChI is InChI=1S/C20H24BrNO3S/c1-6-25-19(24)16-10(2)22-13-8-20(4,5)9-14(23)17(13)18(16)15-7-12(21)11(3)26-15/h7-8,17-18,22H,6,9H2,1-5H3. The Hall–Kier alpha value is -1.40. The van der Waals surface area contributed by atoms with Gasteiger partial charge in [-0.1, -0.05) is 19.9 Å². The van der Waals surface area contributed by atoms with E-state index in [0.717, 1.165) is 25.6 Å². The van der Waals surface area contributed by atoms with Gasteiger partial charge >= 0.3 is 5.97 Å². The highest BCUT2D eigenvalue weighted by molar-refractivity contribution is 9.10. The molecule has 1 aliphatic carbocycles. The molecule has 0 saturated heterocycles. The molecule has 4 nitrogen and oxygen atoms in total. The van der Waals surface area contributed by atoms with Gasteiger partial charge in [0.05, 0.1) is 18.1 Å². The molecule has 0 saturated carbocycles. The highest BCUT2D eigenvalue weighted by atomic mass is 79.9. The zero-order valence-corrected chi connectivity index (χ0v) is 18.1. The molecular weight excluding hydrogens is 414 g/mol. The van der Waals surface area contributed by atoms with E-state index in [1.54, 1.807) is 18.3 Å². The first-order valence-corrected chi connectivity index (χ1v) is 10.4. The molecule has 0 amide bonds. The smallest absolute Gasteiger partial charge is 0.336 e. The minimum atomic E-state index is -0.365. The van der Waals surface area contributed by atoms with Crippen molar-refractivity contribution in [3.05, 3.63) is 43.3 Å². The molecule has 1 N–H and O–H groups in total. The van der Waals surface area contributed by atoms with E-state index in [9.17, 15) is 9.59 Å². The van der Waals surface area contributed by atoms with Crippen LogP contribution in [0.2, 0.25) is 0 Å². The van der Waals surface area contributed by atoms with Crippen molar-refractivity contribution in [1.82, 2.24) is 5.32 Å². The number of fused-ring (bicyclic) bond motifs is 1. The predicted octanol–water partition coefficient (Wildman–Crippen LogP) is 4.84. The fraction of sp³-hybridized carbons (Fsp3) is 0.500. The minimum Gasteiger partial charge on any atom is -0.463 e. The van der Waals surface area contributed by atoms with Crippen LogP contribution in [0.25, 0.3) is 0 Å². The first-order valence-electron chi connectivity index (χ1n) is 8.81. The molecule has 2 heterocycles. The van der Waals surface area contributed by atoms with Gasteiger partial charge in [-0.05, 0) is 48.2 Å². The molecular formula is C20H24BrNO3S. The number of esters is 1. The number of nitrogens with one attached hydrogen (secondary N) is 1. The molecule has 1 aliphatic heterocycles. The molecule has 3 rings (SSSR count). The maximum absolute atomic E-state index is 13.1. The number of ketones is 1. The average Bonchev–Trinajstić information content (AvgIpc) is 2.83. The van der Waals surface area contributed by atoms with E-state index in [-0.39, 0.29) is 29.0 Å². The van der Waals surface area contributed by atoms with E-state index in [4.69, 9.17) is 4.74 Å². The molecule has 2 unspecified atom stereocenters. The Bertz CT molecular complexity index is 815. The lowest BCUT2D eigenvalue weighted by molar-refractivity contribution is -0.139.